The van der Waals surface area contributed by atoms with Crippen molar-refractivity contribution in [2.45, 2.75) is 52.8 Å². The Kier molecular flexibility index (Phi) is 7.39. The normalized spacial score (nSPS) is 12.9. The molecule has 0 bridgehead atoms. The van der Waals surface area contributed by atoms with E-state index in [4.69, 9.17) is 0 Å². The zero-order chi connectivity index (χ0) is 14.3. The summed E-state index contributed by atoms with van der Waals surface area (Å²) < 4.78 is 0. The van der Waals surface area contributed by atoms with Crippen LogP contribution in [0.5, 0.6) is 0 Å². The van der Waals surface area contributed by atoms with Gasteiger partial charge < -0.3 is 5.32 Å². The van der Waals surface area contributed by atoms with Crippen LogP contribution in [0.4, 0.5) is 0 Å². The fraction of sp³-hybridized carbons (Fsp3) is 0.733. The topological polar surface area (TPSA) is 37.8 Å². The molecule has 0 radical (unpaired) electrons. The standard InChI is InChI=1S/C15H27N3S/c1-6-7-16-12(4)14-8-17-15(18-13(14)5)10-19-9-11(2)3/h8,11-12,16H,6-7,9-10H2,1-5H3. The minimum Gasteiger partial charge on any atom is -0.310 e. The summed E-state index contributed by atoms with van der Waals surface area (Å²) in [5.41, 5.74) is 2.32. The van der Waals surface area contributed by atoms with E-state index in [1.54, 1.807) is 0 Å². The zero-order valence-electron chi connectivity index (χ0n) is 12.9. The van der Waals surface area contributed by atoms with Crippen LogP contribution >= 0.6 is 11.8 Å². The summed E-state index contributed by atoms with van der Waals surface area (Å²) in [6.45, 7) is 11.9. The first-order chi connectivity index (χ1) is 9.04. The lowest BCUT2D eigenvalue weighted by Crippen LogP contribution is -2.21. The molecule has 0 saturated carbocycles. The molecule has 4 heteroatoms. The molecule has 1 aromatic heterocycles. The van der Waals surface area contributed by atoms with Crippen molar-refractivity contribution in [1.82, 2.24) is 15.3 Å². The van der Waals surface area contributed by atoms with E-state index in [1.165, 1.54) is 11.3 Å². The number of aryl methyl sites for hydroxylation is 1. The average molecular weight is 281 g/mol. The van der Waals surface area contributed by atoms with Gasteiger partial charge in [-0.2, -0.15) is 11.8 Å². The molecule has 0 saturated heterocycles. The highest BCUT2D eigenvalue weighted by atomic mass is 32.2. The molecular weight excluding hydrogens is 254 g/mol. The summed E-state index contributed by atoms with van der Waals surface area (Å²) in [4.78, 5) is 9.12. The van der Waals surface area contributed by atoms with Gasteiger partial charge in [-0.15, -0.1) is 0 Å². The first-order valence-electron chi connectivity index (χ1n) is 7.18. The lowest BCUT2D eigenvalue weighted by Gasteiger charge is -2.15. The highest BCUT2D eigenvalue weighted by Gasteiger charge is 2.10. The molecule has 19 heavy (non-hydrogen) atoms. The van der Waals surface area contributed by atoms with Gasteiger partial charge in [0.2, 0.25) is 0 Å². The molecule has 0 aliphatic rings. The van der Waals surface area contributed by atoms with Crippen LogP contribution in [-0.4, -0.2) is 22.3 Å². The van der Waals surface area contributed by atoms with Crippen LogP contribution in [0.15, 0.2) is 6.20 Å². The van der Waals surface area contributed by atoms with E-state index in [0.717, 1.165) is 36.2 Å². The van der Waals surface area contributed by atoms with Gasteiger partial charge in [0.1, 0.15) is 5.82 Å². The largest absolute Gasteiger partial charge is 0.310 e. The van der Waals surface area contributed by atoms with Gasteiger partial charge in [-0.05, 0) is 38.5 Å². The number of hydrogen-bond donors (Lipinski definition) is 1. The minimum atomic E-state index is 0.331. The Labute approximate surface area is 122 Å². The molecule has 1 atom stereocenters. The van der Waals surface area contributed by atoms with Gasteiger partial charge in [-0.3, -0.25) is 0 Å². The van der Waals surface area contributed by atoms with Crippen molar-refractivity contribution >= 4 is 11.8 Å². The first kappa shape index (κ1) is 16.4. The van der Waals surface area contributed by atoms with Crippen molar-refractivity contribution in [2.75, 3.05) is 12.3 Å². The summed E-state index contributed by atoms with van der Waals surface area (Å²) in [5.74, 6) is 3.76. The Bertz CT molecular complexity index is 380. The lowest BCUT2D eigenvalue weighted by atomic mass is 10.1. The summed E-state index contributed by atoms with van der Waals surface area (Å²) in [5, 5.41) is 3.48. The second-order valence-corrected chi connectivity index (χ2v) is 6.44. The molecule has 0 spiro atoms. The van der Waals surface area contributed by atoms with Crippen LogP contribution in [0.2, 0.25) is 0 Å². The second kappa shape index (κ2) is 8.54. The summed E-state index contributed by atoms with van der Waals surface area (Å²) in [6, 6.07) is 0.331. The highest BCUT2D eigenvalue weighted by molar-refractivity contribution is 7.98. The number of nitrogens with zero attached hydrogens (tertiary/aromatic N) is 2. The second-order valence-electron chi connectivity index (χ2n) is 5.41. The third-order valence-corrected chi connectivity index (χ3v) is 4.28. The predicted octanol–water partition coefficient (Wildman–Crippen LogP) is 3.73. The summed E-state index contributed by atoms with van der Waals surface area (Å²) in [6.07, 6.45) is 3.13. The Hall–Kier alpha value is -0.610. The number of rotatable bonds is 8. The minimum absolute atomic E-state index is 0.331. The maximum atomic E-state index is 4.63. The van der Waals surface area contributed by atoms with Crippen molar-refractivity contribution in [3.05, 3.63) is 23.3 Å². The maximum Gasteiger partial charge on any atom is 0.138 e. The van der Waals surface area contributed by atoms with E-state index in [-0.39, 0.29) is 0 Å². The van der Waals surface area contributed by atoms with Crippen LogP contribution in [0.1, 0.15) is 57.2 Å². The van der Waals surface area contributed by atoms with Crippen LogP contribution in [-0.2, 0) is 5.75 Å². The molecule has 0 aromatic carbocycles. The molecule has 0 aliphatic heterocycles. The van der Waals surface area contributed by atoms with E-state index in [1.807, 2.05) is 18.0 Å². The molecule has 0 fully saturated rings. The van der Waals surface area contributed by atoms with Crippen LogP contribution in [0, 0.1) is 12.8 Å². The fourth-order valence-corrected chi connectivity index (χ4v) is 2.79. The molecule has 1 N–H and O–H groups in total. The average Bonchev–Trinajstić information content (AvgIpc) is 2.35. The Balaban J connectivity index is 2.58. The molecule has 0 aliphatic carbocycles. The van der Waals surface area contributed by atoms with E-state index < -0.39 is 0 Å². The van der Waals surface area contributed by atoms with E-state index in [9.17, 15) is 0 Å². The summed E-state index contributed by atoms with van der Waals surface area (Å²) >= 11 is 1.91. The van der Waals surface area contributed by atoms with Gasteiger partial charge in [0.05, 0.1) is 5.75 Å². The SMILES string of the molecule is CCCNC(C)c1cnc(CSCC(C)C)nc1C. The smallest absolute Gasteiger partial charge is 0.138 e. The maximum absolute atomic E-state index is 4.63. The molecular formula is C15H27N3S. The van der Waals surface area contributed by atoms with Crippen molar-refractivity contribution < 1.29 is 0 Å². The molecule has 1 unspecified atom stereocenters. The molecule has 1 heterocycles. The van der Waals surface area contributed by atoms with Crippen LogP contribution < -0.4 is 5.32 Å². The van der Waals surface area contributed by atoms with Crippen molar-refractivity contribution in [1.29, 1.82) is 0 Å². The van der Waals surface area contributed by atoms with Gasteiger partial charge >= 0.3 is 0 Å². The zero-order valence-corrected chi connectivity index (χ0v) is 13.7. The number of thioether (sulfide) groups is 1. The van der Waals surface area contributed by atoms with Crippen LogP contribution in [0.3, 0.4) is 0 Å². The molecule has 3 nitrogen and oxygen atoms in total. The lowest BCUT2D eigenvalue weighted by molar-refractivity contribution is 0.563. The monoisotopic (exact) mass is 281 g/mol. The van der Waals surface area contributed by atoms with E-state index >= 15 is 0 Å². The first-order valence-corrected chi connectivity index (χ1v) is 8.33. The van der Waals surface area contributed by atoms with Crippen LogP contribution in [0.25, 0.3) is 0 Å². The van der Waals surface area contributed by atoms with Gasteiger partial charge in [-0.25, -0.2) is 9.97 Å². The third-order valence-electron chi connectivity index (χ3n) is 2.92. The Morgan fingerprint density at radius 3 is 2.63 bits per heavy atom. The highest BCUT2D eigenvalue weighted by Crippen LogP contribution is 2.17. The van der Waals surface area contributed by atoms with Crippen molar-refractivity contribution in [2.24, 2.45) is 5.92 Å². The fourth-order valence-electron chi connectivity index (χ4n) is 1.88. The molecule has 0 amide bonds. The van der Waals surface area contributed by atoms with Crippen molar-refractivity contribution in [3.63, 3.8) is 0 Å². The molecule has 108 valence electrons. The summed E-state index contributed by atoms with van der Waals surface area (Å²) in [7, 11) is 0. The number of hydrogen-bond acceptors (Lipinski definition) is 4. The molecule has 1 aromatic rings. The van der Waals surface area contributed by atoms with E-state index in [2.05, 4.69) is 49.9 Å². The van der Waals surface area contributed by atoms with Gasteiger partial charge in [-0.1, -0.05) is 20.8 Å². The quantitative estimate of drug-likeness (QED) is 0.788. The van der Waals surface area contributed by atoms with Gasteiger partial charge in [0, 0.05) is 23.5 Å². The number of aromatic nitrogens is 2. The van der Waals surface area contributed by atoms with Gasteiger partial charge in [0.25, 0.3) is 0 Å². The predicted molar refractivity (Wildman–Crippen MR) is 84.5 cm³/mol. The third kappa shape index (κ3) is 5.91. The Morgan fingerprint density at radius 1 is 1.32 bits per heavy atom. The molecule has 1 rings (SSSR count). The van der Waals surface area contributed by atoms with E-state index in [0.29, 0.717) is 6.04 Å². The number of nitrogens with one attached hydrogen (secondary N) is 1. The van der Waals surface area contributed by atoms with Gasteiger partial charge in [0.15, 0.2) is 0 Å². The Morgan fingerprint density at radius 2 is 2.05 bits per heavy atom. The van der Waals surface area contributed by atoms with Crippen molar-refractivity contribution in [3.8, 4) is 0 Å².